The smallest absolute Gasteiger partial charge is 0.309 e. The van der Waals surface area contributed by atoms with E-state index in [4.69, 9.17) is 9.47 Å². The van der Waals surface area contributed by atoms with Crippen LogP contribution in [-0.2, 0) is 19.1 Å². The number of carbonyl (C=O) groups excluding carboxylic acids is 2. The number of hydrogen-bond donors (Lipinski definition) is 3. The number of aliphatic hydroxyl groups excluding tert-OH is 2. The van der Waals surface area contributed by atoms with Gasteiger partial charge in [0.1, 0.15) is 11.9 Å². The Kier molecular flexibility index (Phi) is 8.68. The molecule has 2 saturated heterocycles. The molecule has 3 rings (SSSR count). The van der Waals surface area contributed by atoms with Gasteiger partial charge in [0.2, 0.25) is 0 Å². The van der Waals surface area contributed by atoms with Crippen molar-refractivity contribution in [3.8, 4) is 0 Å². The number of hydrogen-bond acceptors (Lipinski definition) is 9. The van der Waals surface area contributed by atoms with Gasteiger partial charge in [-0.1, -0.05) is 27.7 Å². The fraction of sp³-hybridized carbons (Fsp3) is 0.720. The molecular weight excluding hydrogens is 456 g/mol. The molecule has 2 aliphatic rings. The van der Waals surface area contributed by atoms with Crippen molar-refractivity contribution in [2.45, 2.75) is 84.9 Å². The summed E-state index contributed by atoms with van der Waals surface area (Å²) >= 11 is 1.55. The minimum absolute atomic E-state index is 0.00338. The Morgan fingerprint density at radius 3 is 2.59 bits per heavy atom. The largest absolute Gasteiger partial charge is 0.458 e. The first-order valence-corrected chi connectivity index (χ1v) is 12.8. The van der Waals surface area contributed by atoms with Crippen molar-refractivity contribution in [2.24, 2.45) is 17.3 Å². The highest BCUT2D eigenvalue weighted by molar-refractivity contribution is 7.09. The van der Waals surface area contributed by atoms with E-state index in [9.17, 15) is 19.8 Å². The second-order valence-corrected chi connectivity index (χ2v) is 11.4. The van der Waals surface area contributed by atoms with Gasteiger partial charge in [0.25, 0.3) is 0 Å². The topological polar surface area (TPSA) is 121 Å². The molecule has 0 bridgehead atoms. The number of fused-ring (bicyclic) bond motifs is 1. The van der Waals surface area contributed by atoms with Crippen molar-refractivity contribution in [2.75, 3.05) is 13.1 Å². The molecule has 1 aromatic heterocycles. The summed E-state index contributed by atoms with van der Waals surface area (Å²) in [6.45, 7) is 11.8. The van der Waals surface area contributed by atoms with Gasteiger partial charge in [0.15, 0.2) is 0 Å². The zero-order chi connectivity index (χ0) is 25.2. The molecule has 0 spiro atoms. The highest BCUT2D eigenvalue weighted by Gasteiger charge is 2.44. The maximum atomic E-state index is 13.1. The van der Waals surface area contributed by atoms with Crippen LogP contribution in [0.5, 0.6) is 0 Å². The minimum Gasteiger partial charge on any atom is -0.458 e. The summed E-state index contributed by atoms with van der Waals surface area (Å²) < 4.78 is 11.6. The standard InChI is InChI=1S/C25H38N2O6S/c1-13(7-17-12-34-16(4)27-17)18-8-19-20(32-19)11-26-10-14(2)23(30)15(3)24(31)25(5,6)21(28)9-22(29)33-18/h7,12,14-15,18-21,23,26,28,30H,8-11H2,1-6H3/b13-7+/t14-,15+,18-,19+,20+,21-,23-/m1/s1. The van der Waals surface area contributed by atoms with Crippen LogP contribution in [0.25, 0.3) is 6.08 Å². The molecule has 0 aromatic carbocycles. The molecule has 0 radical (unpaired) electrons. The first-order chi connectivity index (χ1) is 15.9. The van der Waals surface area contributed by atoms with Crippen LogP contribution in [0.1, 0.15) is 58.2 Å². The summed E-state index contributed by atoms with van der Waals surface area (Å²) in [7, 11) is 0. The number of rotatable bonds is 2. The first kappa shape index (κ1) is 26.9. The van der Waals surface area contributed by atoms with Gasteiger partial charge in [-0.05, 0) is 31.4 Å². The molecule has 2 fully saturated rings. The van der Waals surface area contributed by atoms with Crippen LogP contribution in [-0.4, -0.2) is 70.6 Å². The van der Waals surface area contributed by atoms with E-state index in [1.54, 1.807) is 32.1 Å². The van der Waals surface area contributed by atoms with Crippen LogP contribution in [0.3, 0.4) is 0 Å². The van der Waals surface area contributed by atoms with Crippen molar-refractivity contribution in [3.63, 3.8) is 0 Å². The Morgan fingerprint density at radius 2 is 1.94 bits per heavy atom. The summed E-state index contributed by atoms with van der Waals surface area (Å²) in [5.74, 6) is -1.71. The third-order valence-electron chi connectivity index (χ3n) is 7.08. The molecule has 9 heteroatoms. The Bertz CT molecular complexity index is 913. The Balaban J connectivity index is 1.81. The number of ketones is 1. The second-order valence-electron chi connectivity index (χ2n) is 10.3. The monoisotopic (exact) mass is 494 g/mol. The number of aliphatic hydroxyl groups is 2. The molecule has 34 heavy (non-hydrogen) atoms. The number of esters is 1. The minimum atomic E-state index is -1.24. The summed E-state index contributed by atoms with van der Waals surface area (Å²) in [5.41, 5.74) is 0.441. The lowest BCUT2D eigenvalue weighted by Gasteiger charge is -2.34. The van der Waals surface area contributed by atoms with Gasteiger partial charge in [-0.3, -0.25) is 9.59 Å². The summed E-state index contributed by atoms with van der Waals surface area (Å²) in [6, 6.07) is 0. The van der Waals surface area contributed by atoms with Crippen molar-refractivity contribution in [1.82, 2.24) is 10.3 Å². The van der Waals surface area contributed by atoms with Gasteiger partial charge in [-0.25, -0.2) is 4.98 Å². The van der Waals surface area contributed by atoms with E-state index in [1.165, 1.54) is 0 Å². The van der Waals surface area contributed by atoms with Crippen LogP contribution in [0, 0.1) is 24.2 Å². The normalized spacial score (nSPS) is 36.0. The SMILES string of the molecule is C/C(=C\c1csc(C)n1)[C@H]1C[C@@H]2O[C@H]2CNC[C@@H](C)[C@@H](O)[C@H](C)C(=O)C(C)(C)[C@H](O)CC(=O)O1. The summed E-state index contributed by atoms with van der Waals surface area (Å²) in [4.78, 5) is 30.4. The Labute approximate surface area is 205 Å². The van der Waals surface area contributed by atoms with E-state index in [1.807, 2.05) is 32.2 Å². The lowest BCUT2D eigenvalue weighted by molar-refractivity contribution is -0.154. The van der Waals surface area contributed by atoms with E-state index in [0.717, 1.165) is 16.3 Å². The third-order valence-corrected chi connectivity index (χ3v) is 7.87. The number of nitrogens with one attached hydrogen (secondary N) is 1. The van der Waals surface area contributed by atoms with Crippen LogP contribution in [0.15, 0.2) is 11.0 Å². The molecule has 1 aromatic rings. The molecule has 3 heterocycles. The number of aryl methyl sites for hydroxylation is 1. The average molecular weight is 495 g/mol. The Morgan fingerprint density at radius 1 is 1.24 bits per heavy atom. The molecule has 0 amide bonds. The zero-order valence-electron chi connectivity index (χ0n) is 20.9. The molecule has 2 aliphatic heterocycles. The average Bonchev–Trinajstić information content (AvgIpc) is 3.38. The molecule has 3 N–H and O–H groups in total. The van der Waals surface area contributed by atoms with Crippen molar-refractivity contribution >= 4 is 29.2 Å². The fourth-order valence-corrected chi connectivity index (χ4v) is 5.04. The second kappa shape index (κ2) is 11.0. The van der Waals surface area contributed by atoms with Crippen LogP contribution in [0.2, 0.25) is 0 Å². The number of ether oxygens (including phenoxy) is 2. The predicted molar refractivity (Wildman–Crippen MR) is 130 cm³/mol. The molecule has 0 unspecified atom stereocenters. The van der Waals surface area contributed by atoms with Gasteiger partial charge in [0.05, 0.1) is 47.0 Å². The molecule has 0 saturated carbocycles. The lowest BCUT2D eigenvalue weighted by Crippen LogP contribution is -2.47. The van der Waals surface area contributed by atoms with Crippen LogP contribution in [0.4, 0.5) is 0 Å². The molecule has 7 atom stereocenters. The van der Waals surface area contributed by atoms with Crippen molar-refractivity contribution < 1.29 is 29.3 Å². The van der Waals surface area contributed by atoms with Gasteiger partial charge in [0, 0.05) is 30.8 Å². The lowest BCUT2D eigenvalue weighted by atomic mass is 9.73. The summed E-state index contributed by atoms with van der Waals surface area (Å²) in [5, 5.41) is 27.8. The van der Waals surface area contributed by atoms with Gasteiger partial charge >= 0.3 is 5.97 Å². The van der Waals surface area contributed by atoms with Crippen LogP contribution < -0.4 is 5.32 Å². The first-order valence-electron chi connectivity index (χ1n) is 12.0. The number of carbonyl (C=O) groups is 2. The van der Waals surface area contributed by atoms with E-state index in [0.29, 0.717) is 19.5 Å². The van der Waals surface area contributed by atoms with Gasteiger partial charge in [-0.2, -0.15) is 0 Å². The number of epoxide rings is 1. The third kappa shape index (κ3) is 6.51. The van der Waals surface area contributed by atoms with Gasteiger partial charge in [-0.15, -0.1) is 11.3 Å². The Hall–Kier alpha value is -1.65. The number of thiazole rings is 1. The highest BCUT2D eigenvalue weighted by atomic mass is 32.1. The van der Waals surface area contributed by atoms with E-state index in [2.05, 4.69) is 10.3 Å². The predicted octanol–water partition coefficient (Wildman–Crippen LogP) is 2.51. The number of aromatic nitrogens is 1. The fourth-order valence-electron chi connectivity index (χ4n) is 4.47. The number of cyclic esters (lactones) is 1. The van der Waals surface area contributed by atoms with Crippen molar-refractivity contribution in [1.29, 1.82) is 0 Å². The molecule has 190 valence electrons. The van der Waals surface area contributed by atoms with Crippen LogP contribution >= 0.6 is 11.3 Å². The van der Waals surface area contributed by atoms with E-state index < -0.39 is 35.6 Å². The molecule has 8 nitrogen and oxygen atoms in total. The maximum absolute atomic E-state index is 13.1. The summed E-state index contributed by atoms with van der Waals surface area (Å²) in [6.07, 6.45) is -0.595. The molecular formula is C25H38N2O6S. The number of nitrogens with zero attached hydrogens (tertiary/aromatic N) is 1. The maximum Gasteiger partial charge on any atom is 0.309 e. The van der Waals surface area contributed by atoms with Crippen molar-refractivity contribution in [3.05, 3.63) is 21.7 Å². The quantitative estimate of drug-likeness (QED) is 0.424. The number of Topliss-reactive ketones (excluding diaryl/α,β-unsaturated/α-hetero) is 1. The zero-order valence-corrected chi connectivity index (χ0v) is 21.7. The van der Waals surface area contributed by atoms with Gasteiger partial charge < -0.3 is 25.0 Å². The molecule has 0 aliphatic carbocycles. The van der Waals surface area contributed by atoms with E-state index >= 15 is 0 Å². The van der Waals surface area contributed by atoms with E-state index in [-0.39, 0.29) is 30.3 Å². The highest BCUT2D eigenvalue weighted by Crippen LogP contribution is 2.33.